The van der Waals surface area contributed by atoms with E-state index in [-0.39, 0.29) is 11.5 Å². The third-order valence-corrected chi connectivity index (χ3v) is 4.29. The molecular weight excluding hydrogens is 304 g/mol. The molecule has 5 nitrogen and oxygen atoms in total. The predicted molar refractivity (Wildman–Crippen MR) is 91.9 cm³/mol. The molecule has 0 unspecified atom stereocenters. The topological polar surface area (TPSA) is 51.5 Å². The molecule has 1 heterocycles. The van der Waals surface area contributed by atoms with E-state index in [2.05, 4.69) is 0 Å². The zero-order valence-corrected chi connectivity index (χ0v) is 13.9. The number of nitrogens with zero attached hydrogens (tertiary/aromatic N) is 2. The van der Waals surface area contributed by atoms with Crippen LogP contribution in [0.5, 0.6) is 5.75 Å². The molecule has 3 rings (SSSR count). The molecule has 1 aromatic heterocycles. The monoisotopic (exact) mass is 326 g/mol. The van der Waals surface area contributed by atoms with Crippen LogP contribution in [0, 0.1) is 0 Å². The zero-order chi connectivity index (χ0) is 16.9. The summed E-state index contributed by atoms with van der Waals surface area (Å²) in [5.41, 5.74) is 1.02. The maximum absolute atomic E-state index is 12.6. The van der Waals surface area contributed by atoms with Gasteiger partial charge in [-0.15, -0.1) is 0 Å². The lowest BCUT2D eigenvalue weighted by molar-refractivity contribution is -0.132. The molecular formula is C19H22N2O3. The molecule has 2 aromatic rings. The lowest BCUT2D eigenvalue weighted by Crippen LogP contribution is -2.34. The van der Waals surface area contributed by atoms with Crippen molar-refractivity contribution < 1.29 is 9.53 Å². The minimum absolute atomic E-state index is 0.0709. The van der Waals surface area contributed by atoms with Gasteiger partial charge in [0, 0.05) is 37.8 Å². The van der Waals surface area contributed by atoms with E-state index in [1.165, 1.54) is 6.07 Å². The molecule has 1 fully saturated rings. The zero-order valence-electron chi connectivity index (χ0n) is 13.9. The Hall–Kier alpha value is -2.56. The summed E-state index contributed by atoms with van der Waals surface area (Å²) in [6.07, 6.45) is 4.19. The first-order valence-electron chi connectivity index (χ1n) is 8.25. The molecule has 5 heteroatoms. The average Bonchev–Trinajstić information content (AvgIpc) is 3.44. The first-order chi connectivity index (χ1) is 11.7. The van der Waals surface area contributed by atoms with Gasteiger partial charge in [0.15, 0.2) is 0 Å². The molecule has 0 aliphatic heterocycles. The normalized spacial score (nSPS) is 13.5. The van der Waals surface area contributed by atoms with Crippen LogP contribution in [-0.4, -0.2) is 28.5 Å². The van der Waals surface area contributed by atoms with Crippen molar-refractivity contribution in [1.29, 1.82) is 0 Å². The van der Waals surface area contributed by atoms with Gasteiger partial charge < -0.3 is 14.2 Å². The van der Waals surface area contributed by atoms with E-state index in [0.29, 0.717) is 25.6 Å². The second kappa shape index (κ2) is 7.34. The van der Waals surface area contributed by atoms with Gasteiger partial charge in [-0.3, -0.25) is 9.59 Å². The number of methoxy groups -OCH3 is 1. The van der Waals surface area contributed by atoms with Crippen molar-refractivity contribution in [1.82, 2.24) is 9.47 Å². The third-order valence-electron chi connectivity index (χ3n) is 4.29. The molecule has 0 atom stereocenters. The molecule has 1 aliphatic carbocycles. The lowest BCUT2D eigenvalue weighted by atomic mass is 10.2. The first kappa shape index (κ1) is 16.3. The van der Waals surface area contributed by atoms with Crippen molar-refractivity contribution in [3.05, 3.63) is 64.6 Å². The number of ether oxygens (including phenoxy) is 1. The van der Waals surface area contributed by atoms with Gasteiger partial charge >= 0.3 is 0 Å². The van der Waals surface area contributed by atoms with E-state index in [4.69, 9.17) is 4.74 Å². The fourth-order valence-electron chi connectivity index (χ4n) is 2.74. The van der Waals surface area contributed by atoms with Gasteiger partial charge in [0.1, 0.15) is 5.75 Å². The number of amides is 1. The van der Waals surface area contributed by atoms with Crippen LogP contribution in [0.15, 0.2) is 53.5 Å². The van der Waals surface area contributed by atoms with Crippen LogP contribution < -0.4 is 10.3 Å². The van der Waals surface area contributed by atoms with Gasteiger partial charge in [-0.2, -0.15) is 0 Å². The van der Waals surface area contributed by atoms with Crippen LogP contribution >= 0.6 is 0 Å². The van der Waals surface area contributed by atoms with E-state index in [1.807, 2.05) is 35.2 Å². The van der Waals surface area contributed by atoms with E-state index < -0.39 is 0 Å². The van der Waals surface area contributed by atoms with Gasteiger partial charge in [0.25, 0.3) is 5.56 Å². The minimum Gasteiger partial charge on any atom is -0.497 e. The number of aryl methyl sites for hydroxylation is 1. The lowest BCUT2D eigenvalue weighted by Gasteiger charge is -2.23. The highest BCUT2D eigenvalue weighted by molar-refractivity contribution is 5.76. The number of hydrogen-bond donors (Lipinski definition) is 0. The molecule has 0 spiro atoms. The Morgan fingerprint density at radius 1 is 1.21 bits per heavy atom. The largest absolute Gasteiger partial charge is 0.497 e. The summed E-state index contributed by atoms with van der Waals surface area (Å²) in [6.45, 7) is 1.03. The molecule has 1 aromatic carbocycles. The number of pyridine rings is 1. The highest BCUT2D eigenvalue weighted by atomic mass is 16.5. The van der Waals surface area contributed by atoms with E-state index in [0.717, 1.165) is 24.2 Å². The standard InChI is InChI=1S/C19H22N2O3/c1-24-17-9-5-15(6-10-17)14-21(16-7-8-16)19(23)11-13-20-12-3-2-4-18(20)22/h2-6,9-10,12,16H,7-8,11,13-14H2,1H3. The highest BCUT2D eigenvalue weighted by Crippen LogP contribution is 2.29. The molecule has 1 saturated carbocycles. The Kier molecular flexibility index (Phi) is 4.99. The van der Waals surface area contributed by atoms with Gasteiger partial charge in [-0.05, 0) is 36.6 Å². The fourth-order valence-corrected chi connectivity index (χ4v) is 2.74. The van der Waals surface area contributed by atoms with Crippen molar-refractivity contribution in [2.24, 2.45) is 0 Å². The maximum Gasteiger partial charge on any atom is 0.250 e. The number of aromatic nitrogens is 1. The third kappa shape index (κ3) is 4.04. The van der Waals surface area contributed by atoms with E-state index >= 15 is 0 Å². The first-order valence-corrected chi connectivity index (χ1v) is 8.25. The highest BCUT2D eigenvalue weighted by Gasteiger charge is 2.32. The quantitative estimate of drug-likeness (QED) is 0.785. The van der Waals surface area contributed by atoms with Crippen LogP contribution in [0.4, 0.5) is 0 Å². The van der Waals surface area contributed by atoms with Crippen LogP contribution in [0.1, 0.15) is 24.8 Å². The Morgan fingerprint density at radius 3 is 2.58 bits per heavy atom. The van der Waals surface area contributed by atoms with Gasteiger partial charge in [-0.25, -0.2) is 0 Å². The van der Waals surface area contributed by atoms with E-state index in [9.17, 15) is 9.59 Å². The summed E-state index contributed by atoms with van der Waals surface area (Å²) in [5, 5.41) is 0. The van der Waals surface area contributed by atoms with Crippen molar-refractivity contribution >= 4 is 5.91 Å². The van der Waals surface area contributed by atoms with Crippen LogP contribution in [-0.2, 0) is 17.9 Å². The summed E-state index contributed by atoms with van der Waals surface area (Å²) < 4.78 is 6.75. The van der Waals surface area contributed by atoms with Gasteiger partial charge in [0.05, 0.1) is 7.11 Å². The molecule has 0 saturated heterocycles. The molecule has 0 N–H and O–H groups in total. The number of rotatable bonds is 7. The van der Waals surface area contributed by atoms with E-state index in [1.54, 1.807) is 23.9 Å². The molecule has 0 bridgehead atoms. The van der Waals surface area contributed by atoms with Gasteiger partial charge in [-0.1, -0.05) is 18.2 Å². The summed E-state index contributed by atoms with van der Waals surface area (Å²) in [7, 11) is 1.64. The average molecular weight is 326 g/mol. The Morgan fingerprint density at radius 2 is 1.96 bits per heavy atom. The number of hydrogen-bond acceptors (Lipinski definition) is 3. The van der Waals surface area contributed by atoms with Crippen LogP contribution in [0.2, 0.25) is 0 Å². The smallest absolute Gasteiger partial charge is 0.250 e. The summed E-state index contributed by atoms with van der Waals surface area (Å²) >= 11 is 0. The SMILES string of the molecule is COc1ccc(CN(C(=O)CCn2ccccc2=O)C2CC2)cc1. The van der Waals surface area contributed by atoms with Gasteiger partial charge in [0.2, 0.25) is 5.91 Å². The van der Waals surface area contributed by atoms with Crippen LogP contribution in [0.3, 0.4) is 0 Å². The molecule has 24 heavy (non-hydrogen) atoms. The molecule has 1 aliphatic rings. The minimum atomic E-state index is -0.0709. The summed E-state index contributed by atoms with van der Waals surface area (Å²) in [4.78, 5) is 26.3. The number of benzene rings is 1. The van der Waals surface area contributed by atoms with Crippen molar-refractivity contribution in [3.8, 4) is 5.75 Å². The second-order valence-corrected chi connectivity index (χ2v) is 6.08. The molecule has 1 amide bonds. The van der Waals surface area contributed by atoms with Crippen molar-refractivity contribution in [3.63, 3.8) is 0 Å². The molecule has 0 radical (unpaired) electrons. The Labute approximate surface area is 141 Å². The maximum atomic E-state index is 12.6. The Balaban J connectivity index is 1.63. The Bertz CT molecular complexity index is 748. The summed E-state index contributed by atoms with van der Waals surface area (Å²) in [6, 6.07) is 13.2. The molecule has 126 valence electrons. The number of carbonyl (C=O) groups is 1. The van der Waals surface area contributed by atoms with Crippen molar-refractivity contribution in [2.45, 2.75) is 38.4 Å². The van der Waals surface area contributed by atoms with Crippen molar-refractivity contribution in [2.75, 3.05) is 7.11 Å². The van der Waals surface area contributed by atoms with Crippen LogP contribution in [0.25, 0.3) is 0 Å². The fraction of sp³-hybridized carbons (Fsp3) is 0.368. The predicted octanol–water partition coefficient (Wildman–Crippen LogP) is 2.44. The number of carbonyl (C=O) groups excluding carboxylic acids is 1. The second-order valence-electron chi connectivity index (χ2n) is 6.08. The summed E-state index contributed by atoms with van der Waals surface area (Å²) in [5.74, 6) is 0.913.